The van der Waals surface area contributed by atoms with Gasteiger partial charge in [0.1, 0.15) is 4.83 Å². The van der Waals surface area contributed by atoms with E-state index in [1.807, 2.05) is 6.92 Å². The SMILES string of the molecule is CCCC(Br)C(=O)O. The van der Waals surface area contributed by atoms with Crippen molar-refractivity contribution in [3.05, 3.63) is 0 Å². The van der Waals surface area contributed by atoms with Crippen molar-refractivity contribution < 1.29 is 9.90 Å². The molecule has 0 aliphatic rings. The molecular weight excluding hydrogens is 172 g/mol. The van der Waals surface area contributed by atoms with Crippen LogP contribution in [-0.4, -0.2) is 15.9 Å². The monoisotopic (exact) mass is 180 g/mol. The third kappa shape index (κ3) is 3.02. The summed E-state index contributed by atoms with van der Waals surface area (Å²) in [5, 5.41) is 8.27. The minimum absolute atomic E-state index is 0.354. The van der Waals surface area contributed by atoms with Crippen LogP contribution in [0.5, 0.6) is 0 Å². The molecule has 1 atom stereocenters. The molecule has 0 radical (unpaired) electrons. The topological polar surface area (TPSA) is 37.3 Å². The number of rotatable bonds is 3. The largest absolute Gasteiger partial charge is 0.480 e. The highest BCUT2D eigenvalue weighted by Crippen LogP contribution is 2.06. The second kappa shape index (κ2) is 3.89. The predicted molar refractivity (Wildman–Crippen MR) is 35.3 cm³/mol. The number of hydrogen-bond acceptors (Lipinski definition) is 1. The van der Waals surface area contributed by atoms with Crippen LogP contribution >= 0.6 is 15.9 Å². The number of alkyl halides is 1. The molecule has 3 heteroatoms. The summed E-state index contributed by atoms with van der Waals surface area (Å²) >= 11 is 3.00. The lowest BCUT2D eigenvalue weighted by atomic mass is 10.2. The van der Waals surface area contributed by atoms with Crippen molar-refractivity contribution in [1.82, 2.24) is 0 Å². The molecule has 0 rings (SSSR count). The van der Waals surface area contributed by atoms with Crippen molar-refractivity contribution in [3.8, 4) is 0 Å². The Morgan fingerprint density at radius 3 is 2.50 bits per heavy atom. The lowest BCUT2D eigenvalue weighted by Gasteiger charge is -1.98. The van der Waals surface area contributed by atoms with E-state index in [1.165, 1.54) is 0 Å². The minimum Gasteiger partial charge on any atom is -0.480 e. The minimum atomic E-state index is -0.771. The maximum absolute atomic E-state index is 10.0. The van der Waals surface area contributed by atoms with Gasteiger partial charge < -0.3 is 5.11 Å². The van der Waals surface area contributed by atoms with Gasteiger partial charge in [0.05, 0.1) is 0 Å². The summed E-state index contributed by atoms with van der Waals surface area (Å²) < 4.78 is 0. The van der Waals surface area contributed by atoms with Crippen molar-refractivity contribution in [3.63, 3.8) is 0 Å². The molecule has 0 aromatic carbocycles. The molecule has 0 bridgehead atoms. The molecule has 1 N–H and O–H groups in total. The van der Waals surface area contributed by atoms with Crippen LogP contribution < -0.4 is 0 Å². The molecule has 0 aromatic heterocycles. The fourth-order valence-electron chi connectivity index (χ4n) is 0.377. The van der Waals surface area contributed by atoms with Gasteiger partial charge in [-0.3, -0.25) is 4.79 Å². The van der Waals surface area contributed by atoms with Gasteiger partial charge in [-0.2, -0.15) is 0 Å². The number of aliphatic carboxylic acids is 1. The smallest absolute Gasteiger partial charge is 0.317 e. The molecule has 48 valence electrons. The Balaban J connectivity index is 3.32. The van der Waals surface area contributed by atoms with Crippen LogP contribution in [0.2, 0.25) is 0 Å². The molecule has 0 amide bonds. The average Bonchev–Trinajstić information content (AvgIpc) is 1.67. The number of hydrogen-bond donors (Lipinski definition) is 1. The zero-order chi connectivity index (χ0) is 6.57. The molecule has 0 spiro atoms. The van der Waals surface area contributed by atoms with Crippen molar-refractivity contribution in [2.45, 2.75) is 24.6 Å². The van der Waals surface area contributed by atoms with Crippen molar-refractivity contribution in [2.75, 3.05) is 0 Å². The molecule has 1 unspecified atom stereocenters. The Labute approximate surface area is 57.0 Å². The average molecular weight is 181 g/mol. The van der Waals surface area contributed by atoms with Crippen molar-refractivity contribution >= 4 is 21.9 Å². The summed E-state index contributed by atoms with van der Waals surface area (Å²) in [6.45, 7) is 1.96. The van der Waals surface area contributed by atoms with Crippen LogP contribution in [-0.2, 0) is 4.79 Å². The number of carbonyl (C=O) groups is 1. The normalized spacial score (nSPS) is 13.2. The fourth-order valence-corrected chi connectivity index (χ4v) is 0.835. The molecule has 0 fully saturated rings. The van der Waals surface area contributed by atoms with Crippen LogP contribution in [0.1, 0.15) is 19.8 Å². The molecular formula is C5H9BrO2. The Morgan fingerprint density at radius 1 is 1.88 bits per heavy atom. The van der Waals surface area contributed by atoms with Gasteiger partial charge in [-0.25, -0.2) is 0 Å². The Hall–Kier alpha value is -0.0500. The second-order valence-electron chi connectivity index (χ2n) is 1.59. The van der Waals surface area contributed by atoms with E-state index in [0.717, 1.165) is 6.42 Å². The summed E-state index contributed by atoms with van der Waals surface area (Å²) in [4.78, 5) is 9.69. The van der Waals surface area contributed by atoms with Gasteiger partial charge in [-0.1, -0.05) is 29.3 Å². The van der Waals surface area contributed by atoms with Crippen molar-refractivity contribution in [2.24, 2.45) is 0 Å². The molecule has 0 aliphatic carbocycles. The highest BCUT2D eigenvalue weighted by Gasteiger charge is 2.09. The van der Waals surface area contributed by atoms with Crippen LogP contribution in [0.3, 0.4) is 0 Å². The first-order valence-corrected chi connectivity index (χ1v) is 3.47. The quantitative estimate of drug-likeness (QED) is 0.672. The van der Waals surface area contributed by atoms with Gasteiger partial charge in [-0.15, -0.1) is 0 Å². The summed E-state index contributed by atoms with van der Waals surface area (Å²) in [7, 11) is 0. The highest BCUT2D eigenvalue weighted by molar-refractivity contribution is 9.10. The maximum Gasteiger partial charge on any atom is 0.317 e. The molecule has 2 nitrogen and oxygen atoms in total. The third-order valence-electron chi connectivity index (χ3n) is 0.810. The highest BCUT2D eigenvalue weighted by atomic mass is 79.9. The predicted octanol–water partition coefficient (Wildman–Crippen LogP) is 1.63. The molecule has 0 saturated heterocycles. The van der Waals surface area contributed by atoms with Crippen LogP contribution in [0.25, 0.3) is 0 Å². The van der Waals surface area contributed by atoms with Gasteiger partial charge in [0.15, 0.2) is 0 Å². The van der Waals surface area contributed by atoms with Crippen LogP contribution in [0.15, 0.2) is 0 Å². The summed E-state index contributed by atoms with van der Waals surface area (Å²) in [6.07, 6.45) is 1.61. The summed E-state index contributed by atoms with van der Waals surface area (Å²) in [5.41, 5.74) is 0. The molecule has 8 heavy (non-hydrogen) atoms. The first-order chi connectivity index (χ1) is 3.68. The van der Waals surface area contributed by atoms with E-state index >= 15 is 0 Å². The first-order valence-electron chi connectivity index (χ1n) is 2.55. The molecule has 0 aliphatic heterocycles. The number of carboxylic acid groups (broad SMARTS) is 1. The second-order valence-corrected chi connectivity index (χ2v) is 2.70. The lowest BCUT2D eigenvalue weighted by molar-refractivity contribution is -0.136. The van der Waals surface area contributed by atoms with E-state index in [-0.39, 0.29) is 4.83 Å². The lowest BCUT2D eigenvalue weighted by Crippen LogP contribution is -2.11. The van der Waals surface area contributed by atoms with E-state index in [4.69, 9.17) is 5.11 Å². The van der Waals surface area contributed by atoms with E-state index < -0.39 is 5.97 Å². The standard InChI is InChI=1S/C5H9BrO2/c1-2-3-4(6)5(7)8/h4H,2-3H2,1H3,(H,7,8). The van der Waals surface area contributed by atoms with Crippen LogP contribution in [0.4, 0.5) is 0 Å². The van der Waals surface area contributed by atoms with Crippen molar-refractivity contribution in [1.29, 1.82) is 0 Å². The van der Waals surface area contributed by atoms with E-state index in [0.29, 0.717) is 6.42 Å². The van der Waals surface area contributed by atoms with E-state index in [2.05, 4.69) is 15.9 Å². The fraction of sp³-hybridized carbons (Fsp3) is 0.800. The maximum atomic E-state index is 10.0. The van der Waals surface area contributed by atoms with Gasteiger partial charge in [0.25, 0.3) is 0 Å². The van der Waals surface area contributed by atoms with Crippen LogP contribution in [0, 0.1) is 0 Å². The van der Waals surface area contributed by atoms with Gasteiger partial charge in [0, 0.05) is 0 Å². The Morgan fingerprint density at radius 2 is 2.38 bits per heavy atom. The number of carboxylic acids is 1. The third-order valence-corrected chi connectivity index (χ3v) is 1.66. The Kier molecular flexibility index (Phi) is 3.87. The van der Waals surface area contributed by atoms with Gasteiger partial charge in [0.2, 0.25) is 0 Å². The van der Waals surface area contributed by atoms with E-state index in [9.17, 15) is 4.79 Å². The number of halogens is 1. The zero-order valence-electron chi connectivity index (χ0n) is 4.72. The van der Waals surface area contributed by atoms with E-state index in [1.54, 1.807) is 0 Å². The molecule has 0 aromatic rings. The van der Waals surface area contributed by atoms with Gasteiger partial charge >= 0.3 is 5.97 Å². The van der Waals surface area contributed by atoms with Gasteiger partial charge in [-0.05, 0) is 6.42 Å². The zero-order valence-corrected chi connectivity index (χ0v) is 6.31. The molecule has 0 saturated carbocycles. The first kappa shape index (κ1) is 7.95. The summed E-state index contributed by atoms with van der Waals surface area (Å²) in [6, 6.07) is 0. The Bertz CT molecular complexity index is 82.5. The summed E-state index contributed by atoms with van der Waals surface area (Å²) in [5.74, 6) is -0.771. The molecule has 0 heterocycles.